The highest BCUT2D eigenvalue weighted by atomic mass is 16.5. The third-order valence-corrected chi connectivity index (χ3v) is 7.55. The monoisotopic (exact) mass is 445 g/mol. The molecule has 7 heteroatoms. The Bertz CT molecular complexity index is 1190. The summed E-state index contributed by atoms with van der Waals surface area (Å²) in [5, 5.41) is 7.71. The van der Waals surface area contributed by atoms with Gasteiger partial charge in [-0.1, -0.05) is 6.07 Å². The fourth-order valence-corrected chi connectivity index (χ4v) is 5.56. The summed E-state index contributed by atoms with van der Waals surface area (Å²) >= 11 is 0. The maximum Gasteiger partial charge on any atom is 0.253 e. The number of hydrogen-bond donors (Lipinski definition) is 2. The van der Waals surface area contributed by atoms with E-state index in [9.17, 15) is 4.79 Å². The number of anilines is 1. The van der Waals surface area contributed by atoms with E-state index in [-0.39, 0.29) is 11.9 Å². The largest absolute Gasteiger partial charge is 0.491 e. The van der Waals surface area contributed by atoms with Crippen LogP contribution in [0.2, 0.25) is 0 Å². The number of rotatable bonds is 6. The number of ether oxygens (including phenoxy) is 1. The standard InChI is InChI=1S/C26H31N5O2/c1-2-30-9-7-18-11-19(14-28-25(18)30)26(32)29-21-12-17-3-4-20(13-24(17)33-16-21)27-15-23-6-5-22-8-10-31(22)23/h3-4,7,9,11,13-14,21-23,27H,2,5-6,8,10,12,15-16H2,1H3,(H,29,32)/t21-,22?,23?/m1/s1. The molecule has 2 N–H and O–H groups in total. The molecule has 0 spiro atoms. The Labute approximate surface area is 194 Å². The van der Waals surface area contributed by atoms with E-state index in [1.807, 2.05) is 18.3 Å². The van der Waals surface area contributed by atoms with E-state index >= 15 is 0 Å². The van der Waals surface area contributed by atoms with Crippen LogP contribution in [-0.4, -0.2) is 58.2 Å². The number of carbonyl (C=O) groups is 1. The van der Waals surface area contributed by atoms with Crippen LogP contribution in [-0.2, 0) is 13.0 Å². The second kappa shape index (κ2) is 8.37. The number of hydrogen-bond acceptors (Lipinski definition) is 5. The Kier molecular flexibility index (Phi) is 5.21. The molecule has 0 bridgehead atoms. The van der Waals surface area contributed by atoms with Gasteiger partial charge in [0.05, 0.1) is 11.6 Å². The molecule has 3 aromatic rings. The molecule has 3 aliphatic heterocycles. The number of nitrogens with zero attached hydrogens (tertiary/aromatic N) is 3. The van der Waals surface area contributed by atoms with Gasteiger partial charge < -0.3 is 19.9 Å². The van der Waals surface area contributed by atoms with Crippen molar-refractivity contribution < 1.29 is 9.53 Å². The van der Waals surface area contributed by atoms with Crippen LogP contribution in [0.25, 0.3) is 11.0 Å². The predicted octanol–water partition coefficient (Wildman–Crippen LogP) is 3.44. The molecular formula is C26H31N5O2. The van der Waals surface area contributed by atoms with Crippen molar-refractivity contribution in [3.8, 4) is 5.75 Å². The van der Waals surface area contributed by atoms with Crippen LogP contribution in [0, 0.1) is 0 Å². The molecule has 33 heavy (non-hydrogen) atoms. The summed E-state index contributed by atoms with van der Waals surface area (Å²) < 4.78 is 8.11. The number of carbonyl (C=O) groups excluding carboxylic acids is 1. The van der Waals surface area contributed by atoms with Gasteiger partial charge in [0, 0.05) is 61.3 Å². The van der Waals surface area contributed by atoms with Crippen LogP contribution >= 0.6 is 0 Å². The lowest BCUT2D eigenvalue weighted by molar-refractivity contribution is 0.0915. The lowest BCUT2D eigenvalue weighted by Crippen LogP contribution is -2.49. The SMILES string of the molecule is CCn1ccc2cc(C(=O)N[C@H]3COc4cc(NCC5CCC6CCN65)ccc4C3)cnc21. The number of pyridine rings is 1. The van der Waals surface area contributed by atoms with Crippen molar-refractivity contribution in [3.05, 3.63) is 53.9 Å². The van der Waals surface area contributed by atoms with Gasteiger partial charge in [-0.05, 0) is 56.4 Å². The number of nitrogens with one attached hydrogen (secondary N) is 2. The molecule has 3 aliphatic rings. The van der Waals surface area contributed by atoms with Crippen LogP contribution in [0.3, 0.4) is 0 Å². The molecule has 5 heterocycles. The number of aromatic nitrogens is 2. The van der Waals surface area contributed by atoms with Gasteiger partial charge >= 0.3 is 0 Å². The molecule has 2 unspecified atom stereocenters. The Hall–Kier alpha value is -3.06. The van der Waals surface area contributed by atoms with E-state index in [0.29, 0.717) is 18.2 Å². The second-order valence-corrected chi connectivity index (χ2v) is 9.54. The molecule has 2 aromatic heterocycles. The molecule has 2 fully saturated rings. The molecule has 3 atom stereocenters. The Balaban J connectivity index is 1.07. The summed E-state index contributed by atoms with van der Waals surface area (Å²) in [6.45, 7) is 5.67. The van der Waals surface area contributed by atoms with Crippen LogP contribution in [0.4, 0.5) is 5.69 Å². The highest BCUT2D eigenvalue weighted by molar-refractivity contribution is 5.97. The highest BCUT2D eigenvalue weighted by Gasteiger charge is 2.39. The quantitative estimate of drug-likeness (QED) is 0.608. The molecule has 2 saturated heterocycles. The minimum absolute atomic E-state index is 0.0541. The maximum atomic E-state index is 12.8. The van der Waals surface area contributed by atoms with E-state index in [4.69, 9.17) is 4.74 Å². The zero-order valence-electron chi connectivity index (χ0n) is 19.1. The molecule has 0 radical (unpaired) electrons. The second-order valence-electron chi connectivity index (χ2n) is 9.54. The number of aryl methyl sites for hydroxylation is 1. The van der Waals surface area contributed by atoms with Crippen molar-refractivity contribution in [1.82, 2.24) is 19.8 Å². The lowest BCUT2D eigenvalue weighted by atomic mass is 10.0. The molecule has 172 valence electrons. The van der Waals surface area contributed by atoms with Crippen molar-refractivity contribution in [2.45, 2.75) is 57.3 Å². The minimum Gasteiger partial charge on any atom is -0.491 e. The predicted molar refractivity (Wildman–Crippen MR) is 129 cm³/mol. The average Bonchev–Trinajstić information content (AvgIpc) is 3.36. The summed E-state index contributed by atoms with van der Waals surface area (Å²) in [5.41, 5.74) is 3.73. The van der Waals surface area contributed by atoms with Crippen LogP contribution in [0.5, 0.6) is 5.75 Å². The first-order valence-electron chi connectivity index (χ1n) is 12.2. The lowest BCUT2D eigenvalue weighted by Gasteiger charge is -2.39. The third-order valence-electron chi connectivity index (χ3n) is 7.55. The molecule has 6 rings (SSSR count). The van der Waals surface area contributed by atoms with Crippen LogP contribution in [0.15, 0.2) is 42.7 Å². The van der Waals surface area contributed by atoms with Gasteiger partial charge in [-0.25, -0.2) is 4.98 Å². The van der Waals surface area contributed by atoms with Crippen LogP contribution in [0.1, 0.15) is 42.1 Å². The van der Waals surface area contributed by atoms with Crippen molar-refractivity contribution in [3.63, 3.8) is 0 Å². The number of benzene rings is 1. The topological polar surface area (TPSA) is 71.4 Å². The minimum atomic E-state index is -0.107. The summed E-state index contributed by atoms with van der Waals surface area (Å²) in [5.74, 6) is 0.813. The number of fused-ring (bicyclic) bond motifs is 3. The first-order chi connectivity index (χ1) is 16.2. The summed E-state index contributed by atoms with van der Waals surface area (Å²) in [6, 6.07) is 11.7. The molecule has 1 aromatic carbocycles. The molecular weight excluding hydrogens is 414 g/mol. The van der Waals surface area contributed by atoms with E-state index in [1.165, 1.54) is 25.8 Å². The summed E-state index contributed by atoms with van der Waals surface area (Å²) in [7, 11) is 0. The van der Waals surface area contributed by atoms with Gasteiger partial charge in [-0.15, -0.1) is 0 Å². The summed E-state index contributed by atoms with van der Waals surface area (Å²) in [6.07, 6.45) is 8.45. The zero-order valence-corrected chi connectivity index (χ0v) is 19.1. The Morgan fingerprint density at radius 3 is 2.97 bits per heavy atom. The maximum absolute atomic E-state index is 12.8. The van der Waals surface area contributed by atoms with Gasteiger partial charge in [-0.3, -0.25) is 9.69 Å². The number of amides is 1. The van der Waals surface area contributed by atoms with Gasteiger partial charge in [-0.2, -0.15) is 0 Å². The fraction of sp³-hybridized carbons (Fsp3) is 0.462. The van der Waals surface area contributed by atoms with Crippen molar-refractivity contribution in [1.29, 1.82) is 0 Å². The van der Waals surface area contributed by atoms with Crippen LogP contribution < -0.4 is 15.4 Å². The molecule has 0 aliphatic carbocycles. The van der Waals surface area contributed by atoms with Gasteiger partial charge in [0.2, 0.25) is 0 Å². The Morgan fingerprint density at radius 2 is 2.15 bits per heavy atom. The van der Waals surface area contributed by atoms with E-state index < -0.39 is 0 Å². The molecule has 1 amide bonds. The van der Waals surface area contributed by atoms with E-state index in [2.05, 4.69) is 50.2 Å². The van der Waals surface area contributed by atoms with E-state index in [1.54, 1.807) is 6.20 Å². The van der Waals surface area contributed by atoms with Gasteiger partial charge in [0.1, 0.15) is 18.0 Å². The smallest absolute Gasteiger partial charge is 0.253 e. The first-order valence-corrected chi connectivity index (χ1v) is 12.2. The van der Waals surface area contributed by atoms with Crippen molar-refractivity contribution in [2.24, 2.45) is 0 Å². The molecule has 0 saturated carbocycles. The van der Waals surface area contributed by atoms with Crippen molar-refractivity contribution >= 4 is 22.6 Å². The first kappa shape index (κ1) is 20.5. The van der Waals surface area contributed by atoms with E-state index in [0.717, 1.165) is 53.6 Å². The normalized spacial score (nSPS) is 24.0. The van der Waals surface area contributed by atoms with Gasteiger partial charge in [0.25, 0.3) is 5.91 Å². The third kappa shape index (κ3) is 3.84. The van der Waals surface area contributed by atoms with Gasteiger partial charge in [0.15, 0.2) is 0 Å². The summed E-state index contributed by atoms with van der Waals surface area (Å²) in [4.78, 5) is 20.0. The Morgan fingerprint density at radius 1 is 1.21 bits per heavy atom. The molecule has 7 nitrogen and oxygen atoms in total. The highest BCUT2D eigenvalue weighted by Crippen LogP contribution is 2.34. The average molecular weight is 446 g/mol. The van der Waals surface area contributed by atoms with Crippen molar-refractivity contribution in [2.75, 3.05) is 25.0 Å². The fourth-order valence-electron chi connectivity index (χ4n) is 5.56. The zero-order chi connectivity index (χ0) is 22.4.